The van der Waals surface area contributed by atoms with Gasteiger partial charge in [0.25, 0.3) is 5.91 Å². The zero-order valence-electron chi connectivity index (χ0n) is 15.8. The Bertz CT molecular complexity index is 758. The second-order valence-corrected chi connectivity index (χ2v) is 7.30. The fourth-order valence-corrected chi connectivity index (χ4v) is 3.46. The van der Waals surface area contributed by atoms with Crippen LogP contribution in [0.4, 0.5) is 5.69 Å². The molecule has 2 atom stereocenters. The molecule has 1 aromatic rings. The highest BCUT2D eigenvalue weighted by atomic mass is 16.5. The van der Waals surface area contributed by atoms with Crippen LogP contribution < -0.4 is 16.2 Å². The van der Waals surface area contributed by atoms with E-state index in [1.54, 1.807) is 24.3 Å². The van der Waals surface area contributed by atoms with E-state index in [0.29, 0.717) is 24.1 Å². The number of amides is 3. The number of carbonyl (C=O) groups excluding carboxylic acids is 4. The molecule has 0 spiro atoms. The van der Waals surface area contributed by atoms with Crippen molar-refractivity contribution >= 4 is 29.4 Å². The largest absolute Gasteiger partial charge is 0.469 e. The summed E-state index contributed by atoms with van der Waals surface area (Å²) < 4.78 is 4.79. The highest BCUT2D eigenvalue weighted by Gasteiger charge is 2.36. The molecule has 0 saturated heterocycles. The minimum absolute atomic E-state index is 0.00268. The van der Waals surface area contributed by atoms with E-state index in [1.807, 2.05) is 0 Å². The quantitative estimate of drug-likeness (QED) is 0.526. The molecule has 3 rings (SSSR count). The summed E-state index contributed by atoms with van der Waals surface area (Å²) in [6, 6.07) is 6.43. The van der Waals surface area contributed by atoms with E-state index in [9.17, 15) is 19.2 Å². The summed E-state index contributed by atoms with van der Waals surface area (Å²) in [6.45, 7) is 0. The van der Waals surface area contributed by atoms with E-state index in [1.165, 1.54) is 7.11 Å². The highest BCUT2D eigenvalue weighted by molar-refractivity contribution is 5.97. The van der Waals surface area contributed by atoms with Crippen LogP contribution in [0.15, 0.2) is 24.3 Å². The Labute approximate surface area is 163 Å². The number of esters is 1. The average molecular weight is 387 g/mol. The molecule has 1 aromatic carbocycles. The summed E-state index contributed by atoms with van der Waals surface area (Å²) in [4.78, 5) is 48.3. The van der Waals surface area contributed by atoms with Gasteiger partial charge in [0.15, 0.2) is 0 Å². The molecule has 150 valence electrons. The third-order valence-corrected chi connectivity index (χ3v) is 5.27. The number of benzene rings is 1. The van der Waals surface area contributed by atoms with E-state index < -0.39 is 29.6 Å². The number of methoxy groups -OCH3 is 1. The molecule has 0 heterocycles. The van der Waals surface area contributed by atoms with Gasteiger partial charge in [-0.3, -0.25) is 30.0 Å². The van der Waals surface area contributed by atoms with Gasteiger partial charge >= 0.3 is 5.97 Å². The molecule has 28 heavy (non-hydrogen) atoms. The zero-order chi connectivity index (χ0) is 20.1. The third kappa shape index (κ3) is 4.88. The fraction of sp³-hybridized carbons (Fsp3) is 0.500. The van der Waals surface area contributed by atoms with Gasteiger partial charge in [-0.2, -0.15) is 0 Å². The van der Waals surface area contributed by atoms with Crippen molar-refractivity contribution in [2.45, 2.75) is 38.5 Å². The molecule has 2 unspecified atom stereocenters. The summed E-state index contributed by atoms with van der Waals surface area (Å²) in [5.41, 5.74) is 5.77. The van der Waals surface area contributed by atoms with Crippen LogP contribution in [0.1, 0.15) is 48.9 Å². The van der Waals surface area contributed by atoms with Gasteiger partial charge in [-0.05, 0) is 49.9 Å². The van der Waals surface area contributed by atoms with Gasteiger partial charge in [0, 0.05) is 17.2 Å². The molecular weight excluding hydrogens is 362 g/mol. The molecule has 2 saturated carbocycles. The van der Waals surface area contributed by atoms with Crippen LogP contribution in [0, 0.1) is 17.8 Å². The lowest BCUT2D eigenvalue weighted by Crippen LogP contribution is -2.48. The number of hydrogen-bond acceptors (Lipinski definition) is 5. The lowest BCUT2D eigenvalue weighted by atomic mass is 9.79. The van der Waals surface area contributed by atoms with E-state index in [-0.39, 0.29) is 11.8 Å². The van der Waals surface area contributed by atoms with Crippen molar-refractivity contribution in [3.63, 3.8) is 0 Å². The number of ether oxygens (including phenoxy) is 1. The first-order valence-corrected chi connectivity index (χ1v) is 9.58. The van der Waals surface area contributed by atoms with Crippen LogP contribution in [0.2, 0.25) is 0 Å². The SMILES string of the molecule is COC(=O)C1CCCCC1C(=O)NNC(=O)c1ccc(NC(=O)C2CC2)cc1. The lowest BCUT2D eigenvalue weighted by molar-refractivity contribution is -0.152. The molecule has 0 aromatic heterocycles. The van der Waals surface area contributed by atoms with Gasteiger partial charge in [0.05, 0.1) is 18.9 Å². The summed E-state index contributed by atoms with van der Waals surface area (Å²) in [5, 5.41) is 2.80. The Morgan fingerprint density at radius 3 is 2.11 bits per heavy atom. The van der Waals surface area contributed by atoms with Crippen molar-refractivity contribution in [2.75, 3.05) is 12.4 Å². The van der Waals surface area contributed by atoms with Gasteiger partial charge in [-0.1, -0.05) is 12.8 Å². The van der Waals surface area contributed by atoms with Gasteiger partial charge in [0.2, 0.25) is 11.8 Å². The fourth-order valence-electron chi connectivity index (χ4n) is 3.46. The summed E-state index contributed by atoms with van der Waals surface area (Å²) >= 11 is 0. The number of rotatable bonds is 5. The molecule has 3 amide bonds. The predicted molar refractivity (Wildman–Crippen MR) is 101 cm³/mol. The molecule has 8 nitrogen and oxygen atoms in total. The van der Waals surface area contributed by atoms with Gasteiger partial charge in [-0.15, -0.1) is 0 Å². The second kappa shape index (κ2) is 8.86. The summed E-state index contributed by atoms with van der Waals surface area (Å²) in [7, 11) is 1.31. The van der Waals surface area contributed by atoms with E-state index >= 15 is 0 Å². The topological polar surface area (TPSA) is 114 Å². The number of nitrogens with one attached hydrogen (secondary N) is 3. The maximum atomic E-state index is 12.4. The van der Waals surface area contributed by atoms with E-state index in [2.05, 4.69) is 16.2 Å². The molecule has 2 aliphatic rings. The Hall–Kier alpha value is -2.90. The highest BCUT2D eigenvalue weighted by Crippen LogP contribution is 2.31. The minimum atomic E-state index is -0.512. The maximum Gasteiger partial charge on any atom is 0.309 e. The summed E-state index contributed by atoms with van der Waals surface area (Å²) in [5.74, 6) is -2.15. The monoisotopic (exact) mass is 387 g/mol. The normalized spacial score (nSPS) is 21.3. The van der Waals surface area contributed by atoms with Crippen molar-refractivity contribution in [2.24, 2.45) is 17.8 Å². The van der Waals surface area contributed by atoms with E-state index in [4.69, 9.17) is 4.74 Å². The van der Waals surface area contributed by atoms with Crippen molar-refractivity contribution in [1.29, 1.82) is 0 Å². The first-order valence-electron chi connectivity index (χ1n) is 9.58. The van der Waals surface area contributed by atoms with Crippen LogP contribution in [-0.2, 0) is 19.1 Å². The number of hydrazine groups is 1. The Balaban J connectivity index is 1.51. The maximum absolute atomic E-state index is 12.4. The zero-order valence-corrected chi connectivity index (χ0v) is 15.8. The molecule has 0 radical (unpaired) electrons. The number of carbonyl (C=O) groups is 4. The van der Waals surface area contributed by atoms with E-state index in [0.717, 1.165) is 25.7 Å². The van der Waals surface area contributed by atoms with Gasteiger partial charge in [-0.25, -0.2) is 0 Å². The molecule has 0 bridgehead atoms. The summed E-state index contributed by atoms with van der Waals surface area (Å²) in [6.07, 6.45) is 4.75. The van der Waals surface area contributed by atoms with Crippen LogP contribution in [0.25, 0.3) is 0 Å². The molecular formula is C20H25N3O5. The molecule has 0 aliphatic heterocycles. The smallest absolute Gasteiger partial charge is 0.309 e. The molecule has 3 N–H and O–H groups in total. The standard InChI is InChI=1S/C20H25N3O5/c1-28-20(27)16-5-3-2-4-15(16)19(26)23-22-18(25)13-8-10-14(11-9-13)21-17(24)12-6-7-12/h8-12,15-16H,2-7H2,1H3,(H,21,24)(H,22,25)(H,23,26). The molecule has 2 fully saturated rings. The van der Waals surface area contributed by atoms with Crippen molar-refractivity contribution < 1.29 is 23.9 Å². The lowest BCUT2D eigenvalue weighted by Gasteiger charge is -2.28. The van der Waals surface area contributed by atoms with Crippen LogP contribution >= 0.6 is 0 Å². The molecule has 8 heteroatoms. The number of hydrogen-bond donors (Lipinski definition) is 3. The first-order chi connectivity index (χ1) is 13.5. The average Bonchev–Trinajstić information content (AvgIpc) is 3.57. The minimum Gasteiger partial charge on any atom is -0.469 e. The second-order valence-electron chi connectivity index (χ2n) is 7.30. The van der Waals surface area contributed by atoms with Crippen molar-refractivity contribution in [1.82, 2.24) is 10.9 Å². The predicted octanol–water partition coefficient (Wildman–Crippen LogP) is 1.78. The van der Waals surface area contributed by atoms with Crippen LogP contribution in [0.3, 0.4) is 0 Å². The first kappa shape index (κ1) is 19.9. The molecule has 2 aliphatic carbocycles. The van der Waals surface area contributed by atoms with Crippen LogP contribution in [0.5, 0.6) is 0 Å². The van der Waals surface area contributed by atoms with Crippen molar-refractivity contribution in [3.05, 3.63) is 29.8 Å². The van der Waals surface area contributed by atoms with Crippen LogP contribution in [-0.4, -0.2) is 30.8 Å². The Morgan fingerprint density at radius 1 is 0.857 bits per heavy atom. The Morgan fingerprint density at radius 2 is 1.50 bits per heavy atom. The number of anilines is 1. The van der Waals surface area contributed by atoms with Gasteiger partial charge < -0.3 is 10.1 Å². The third-order valence-electron chi connectivity index (χ3n) is 5.27. The van der Waals surface area contributed by atoms with Gasteiger partial charge in [0.1, 0.15) is 0 Å². The Kier molecular flexibility index (Phi) is 6.28. The van der Waals surface area contributed by atoms with Crippen molar-refractivity contribution in [3.8, 4) is 0 Å².